The Bertz CT molecular complexity index is 313. The second-order valence-electron chi connectivity index (χ2n) is 5.39. The van der Waals surface area contributed by atoms with Gasteiger partial charge in [-0.3, -0.25) is 4.79 Å². The Labute approximate surface area is 121 Å². The number of rotatable bonds is 6. The fourth-order valence-corrected chi connectivity index (χ4v) is 2.91. The van der Waals surface area contributed by atoms with Crippen molar-refractivity contribution in [2.24, 2.45) is 11.1 Å². The Balaban J connectivity index is 2.69. The standard InChI is InChI=1S/C14H26N2O2S/c1-3-18-10-11(2)16-13(17)14(12(15)19)8-6-4-5-7-9-14/h11H,3-10H2,1-2H3,(H2,15,19)(H,16,17). The monoisotopic (exact) mass is 286 g/mol. The predicted molar refractivity (Wildman–Crippen MR) is 81.0 cm³/mol. The number of thiocarbonyl (C=S) groups is 1. The Morgan fingerprint density at radius 3 is 2.42 bits per heavy atom. The number of hydrogen-bond donors (Lipinski definition) is 2. The molecular weight excluding hydrogens is 260 g/mol. The van der Waals surface area contributed by atoms with Gasteiger partial charge in [-0.2, -0.15) is 0 Å². The maximum absolute atomic E-state index is 12.6. The number of hydrogen-bond acceptors (Lipinski definition) is 3. The van der Waals surface area contributed by atoms with Crippen LogP contribution in [0.15, 0.2) is 0 Å². The van der Waals surface area contributed by atoms with E-state index in [9.17, 15) is 4.79 Å². The molecule has 0 aromatic carbocycles. The van der Waals surface area contributed by atoms with Gasteiger partial charge in [0.2, 0.25) is 5.91 Å². The van der Waals surface area contributed by atoms with Crippen molar-refractivity contribution in [3.8, 4) is 0 Å². The van der Waals surface area contributed by atoms with E-state index < -0.39 is 5.41 Å². The van der Waals surface area contributed by atoms with Crippen molar-refractivity contribution in [2.45, 2.75) is 58.4 Å². The minimum Gasteiger partial charge on any atom is -0.392 e. The largest absolute Gasteiger partial charge is 0.392 e. The number of amides is 1. The lowest BCUT2D eigenvalue weighted by Gasteiger charge is -2.31. The van der Waals surface area contributed by atoms with E-state index in [0.29, 0.717) is 18.2 Å². The van der Waals surface area contributed by atoms with Gasteiger partial charge in [0.1, 0.15) is 0 Å². The topological polar surface area (TPSA) is 64.3 Å². The molecule has 3 N–H and O–H groups in total. The molecule has 1 fully saturated rings. The van der Waals surface area contributed by atoms with Gasteiger partial charge in [0.25, 0.3) is 0 Å². The first-order valence-electron chi connectivity index (χ1n) is 7.21. The molecule has 1 amide bonds. The number of nitrogens with two attached hydrogens (primary N) is 1. The quantitative estimate of drug-likeness (QED) is 0.580. The Morgan fingerprint density at radius 1 is 1.37 bits per heavy atom. The molecule has 1 atom stereocenters. The summed E-state index contributed by atoms with van der Waals surface area (Å²) in [6, 6.07) is -0.0121. The van der Waals surface area contributed by atoms with Gasteiger partial charge in [-0.25, -0.2) is 0 Å². The van der Waals surface area contributed by atoms with Gasteiger partial charge in [0.05, 0.1) is 17.0 Å². The first-order valence-corrected chi connectivity index (χ1v) is 7.62. The van der Waals surface area contributed by atoms with Crippen LogP contribution in [0.5, 0.6) is 0 Å². The lowest BCUT2D eigenvalue weighted by Crippen LogP contribution is -2.51. The van der Waals surface area contributed by atoms with Crippen LogP contribution in [0.25, 0.3) is 0 Å². The molecule has 0 spiro atoms. The van der Waals surface area contributed by atoms with E-state index in [1.807, 2.05) is 13.8 Å². The maximum atomic E-state index is 12.6. The van der Waals surface area contributed by atoms with Crippen molar-refractivity contribution in [3.05, 3.63) is 0 Å². The van der Waals surface area contributed by atoms with Crippen molar-refractivity contribution in [3.63, 3.8) is 0 Å². The molecule has 4 nitrogen and oxygen atoms in total. The van der Waals surface area contributed by atoms with Crippen LogP contribution in [0, 0.1) is 5.41 Å². The molecule has 0 aromatic heterocycles. The number of carbonyl (C=O) groups excluding carboxylic acids is 1. The van der Waals surface area contributed by atoms with E-state index >= 15 is 0 Å². The fraction of sp³-hybridized carbons (Fsp3) is 0.857. The van der Waals surface area contributed by atoms with E-state index in [0.717, 1.165) is 38.5 Å². The zero-order valence-electron chi connectivity index (χ0n) is 12.0. The van der Waals surface area contributed by atoms with Gasteiger partial charge in [-0.1, -0.05) is 37.9 Å². The molecule has 0 aliphatic heterocycles. The molecule has 0 heterocycles. The van der Waals surface area contributed by atoms with Crippen molar-refractivity contribution in [1.82, 2.24) is 5.32 Å². The Kier molecular flexibility index (Phi) is 6.72. The van der Waals surface area contributed by atoms with Crippen molar-refractivity contribution in [1.29, 1.82) is 0 Å². The lowest BCUT2D eigenvalue weighted by atomic mass is 9.79. The second-order valence-corrected chi connectivity index (χ2v) is 5.83. The second kappa shape index (κ2) is 7.80. The molecule has 0 saturated heterocycles. The lowest BCUT2D eigenvalue weighted by molar-refractivity contribution is -0.129. The molecule has 0 aromatic rings. The van der Waals surface area contributed by atoms with Crippen LogP contribution in [-0.2, 0) is 9.53 Å². The highest BCUT2D eigenvalue weighted by Crippen LogP contribution is 2.35. The number of carbonyl (C=O) groups is 1. The van der Waals surface area contributed by atoms with Gasteiger partial charge >= 0.3 is 0 Å². The molecular formula is C14H26N2O2S. The molecule has 0 bridgehead atoms. The highest BCUT2D eigenvalue weighted by molar-refractivity contribution is 7.80. The molecule has 1 aliphatic rings. The minimum atomic E-state index is -0.647. The van der Waals surface area contributed by atoms with Crippen LogP contribution in [0.1, 0.15) is 52.4 Å². The van der Waals surface area contributed by atoms with Crippen molar-refractivity contribution < 1.29 is 9.53 Å². The minimum absolute atomic E-state index is 0.0121. The molecule has 5 heteroatoms. The maximum Gasteiger partial charge on any atom is 0.233 e. The van der Waals surface area contributed by atoms with E-state index in [1.54, 1.807) is 0 Å². The van der Waals surface area contributed by atoms with E-state index in [4.69, 9.17) is 22.7 Å². The molecule has 1 unspecified atom stereocenters. The smallest absolute Gasteiger partial charge is 0.233 e. The summed E-state index contributed by atoms with van der Waals surface area (Å²) in [6.45, 7) is 5.06. The Hall–Kier alpha value is -0.680. The average Bonchev–Trinajstić information content (AvgIpc) is 2.62. The van der Waals surface area contributed by atoms with E-state index in [2.05, 4.69) is 5.32 Å². The summed E-state index contributed by atoms with van der Waals surface area (Å²) in [7, 11) is 0. The summed E-state index contributed by atoms with van der Waals surface area (Å²) >= 11 is 5.19. The summed E-state index contributed by atoms with van der Waals surface area (Å²) < 4.78 is 5.32. The summed E-state index contributed by atoms with van der Waals surface area (Å²) in [5.74, 6) is -0.0193. The van der Waals surface area contributed by atoms with E-state index in [-0.39, 0.29) is 11.9 Å². The third-order valence-corrected chi connectivity index (χ3v) is 4.20. The highest BCUT2D eigenvalue weighted by atomic mass is 32.1. The fourth-order valence-electron chi connectivity index (χ4n) is 2.62. The van der Waals surface area contributed by atoms with Crippen LogP contribution in [0.4, 0.5) is 0 Å². The van der Waals surface area contributed by atoms with Crippen LogP contribution in [-0.4, -0.2) is 30.2 Å². The third-order valence-electron chi connectivity index (χ3n) is 3.81. The predicted octanol–water partition coefficient (Wildman–Crippen LogP) is 2.15. The van der Waals surface area contributed by atoms with Crippen molar-refractivity contribution >= 4 is 23.1 Å². The number of ether oxygens (including phenoxy) is 1. The summed E-state index contributed by atoms with van der Waals surface area (Å²) in [4.78, 5) is 12.9. The van der Waals surface area contributed by atoms with Gasteiger partial charge < -0.3 is 15.8 Å². The molecule has 1 saturated carbocycles. The SMILES string of the molecule is CCOCC(C)NC(=O)C1(C(N)=S)CCCCCC1. The molecule has 0 radical (unpaired) electrons. The van der Waals surface area contributed by atoms with E-state index in [1.165, 1.54) is 0 Å². The zero-order chi connectivity index (χ0) is 14.3. The summed E-state index contributed by atoms with van der Waals surface area (Å²) in [5.41, 5.74) is 5.24. The molecule has 110 valence electrons. The van der Waals surface area contributed by atoms with Crippen molar-refractivity contribution in [2.75, 3.05) is 13.2 Å². The molecule has 1 aliphatic carbocycles. The first-order chi connectivity index (χ1) is 9.03. The van der Waals surface area contributed by atoms with Crippen LogP contribution < -0.4 is 11.1 Å². The van der Waals surface area contributed by atoms with Crippen LogP contribution in [0.3, 0.4) is 0 Å². The highest BCUT2D eigenvalue weighted by Gasteiger charge is 2.41. The van der Waals surface area contributed by atoms with Crippen LogP contribution >= 0.6 is 12.2 Å². The summed E-state index contributed by atoms with van der Waals surface area (Å²) in [5, 5.41) is 3.00. The average molecular weight is 286 g/mol. The van der Waals surface area contributed by atoms with Gasteiger partial charge in [0.15, 0.2) is 0 Å². The molecule has 19 heavy (non-hydrogen) atoms. The number of nitrogens with one attached hydrogen (secondary N) is 1. The Morgan fingerprint density at radius 2 is 1.95 bits per heavy atom. The normalized spacial score (nSPS) is 20.3. The van der Waals surface area contributed by atoms with Gasteiger partial charge in [0, 0.05) is 12.6 Å². The van der Waals surface area contributed by atoms with Crippen LogP contribution in [0.2, 0.25) is 0 Å². The third kappa shape index (κ3) is 4.42. The van der Waals surface area contributed by atoms with Gasteiger partial charge in [-0.05, 0) is 26.7 Å². The zero-order valence-corrected chi connectivity index (χ0v) is 12.9. The first kappa shape index (κ1) is 16.4. The van der Waals surface area contributed by atoms with Gasteiger partial charge in [-0.15, -0.1) is 0 Å². The summed E-state index contributed by atoms with van der Waals surface area (Å²) in [6.07, 6.45) is 5.90. The molecule has 1 rings (SSSR count).